The number of nitrogens with one attached hydrogen (secondary N) is 1. The Morgan fingerprint density at radius 1 is 1.14 bits per heavy atom. The number of sulfonamides is 1. The lowest BCUT2D eigenvalue weighted by Gasteiger charge is -2.36. The Labute approximate surface area is 204 Å². The Bertz CT molecular complexity index is 1240. The van der Waals surface area contributed by atoms with Crippen LogP contribution in [0.3, 0.4) is 0 Å². The lowest BCUT2D eigenvalue weighted by atomic mass is 9.89. The molecule has 0 aromatic heterocycles. The number of ether oxygens (including phenoxy) is 1. The van der Waals surface area contributed by atoms with Crippen LogP contribution in [0.4, 0.5) is 22.4 Å². The monoisotopic (exact) mass is 529 g/mol. The largest absolute Gasteiger partial charge is 0.416 e. The molecule has 0 saturated carbocycles. The highest BCUT2D eigenvalue weighted by Crippen LogP contribution is 2.36. The molecular weight excluding hydrogens is 506 g/mol. The van der Waals surface area contributed by atoms with E-state index in [0.29, 0.717) is 18.4 Å². The van der Waals surface area contributed by atoms with Crippen molar-refractivity contribution in [2.45, 2.75) is 42.4 Å². The molecule has 1 amide bonds. The summed E-state index contributed by atoms with van der Waals surface area (Å²) in [7, 11) is -3.79. The van der Waals surface area contributed by atoms with Crippen LogP contribution in [0.5, 0.6) is 0 Å². The van der Waals surface area contributed by atoms with Crippen molar-refractivity contribution in [1.82, 2.24) is 9.62 Å². The topological polar surface area (TPSA) is 97.3 Å². The standard InChI is InChI=1S/C23H23F4N3O5S/c24-18-4-6-19(7-5-18)36(32,33)30-12-9-22(10-13-30)15-20(29-35-22)34-21(31)28-11-8-16-2-1-3-17(14-16)23(25,26)27/h1-7,14H,8-13,15H2,(H,28,31). The van der Waals surface area contributed by atoms with Gasteiger partial charge in [0.25, 0.3) is 0 Å². The molecule has 13 heteroatoms. The van der Waals surface area contributed by atoms with Gasteiger partial charge < -0.3 is 14.9 Å². The van der Waals surface area contributed by atoms with Crippen molar-refractivity contribution in [3.8, 4) is 0 Å². The maximum absolute atomic E-state index is 13.1. The number of carbonyl (C=O) groups is 1. The van der Waals surface area contributed by atoms with Crippen LogP contribution in [0.1, 0.15) is 30.4 Å². The number of benzene rings is 2. The molecule has 1 spiro atoms. The Morgan fingerprint density at radius 3 is 2.50 bits per heavy atom. The molecule has 0 radical (unpaired) electrons. The zero-order chi connectivity index (χ0) is 26.0. The molecule has 2 aliphatic heterocycles. The third kappa shape index (κ3) is 5.95. The highest BCUT2D eigenvalue weighted by molar-refractivity contribution is 7.89. The van der Waals surface area contributed by atoms with E-state index in [2.05, 4.69) is 10.5 Å². The van der Waals surface area contributed by atoms with Crippen LogP contribution in [0.15, 0.2) is 58.6 Å². The molecule has 1 N–H and O–H groups in total. The summed E-state index contributed by atoms with van der Waals surface area (Å²) >= 11 is 0. The molecule has 194 valence electrons. The lowest BCUT2D eigenvalue weighted by Crippen LogP contribution is -2.46. The van der Waals surface area contributed by atoms with E-state index < -0.39 is 39.3 Å². The van der Waals surface area contributed by atoms with Gasteiger partial charge in [-0.1, -0.05) is 23.4 Å². The van der Waals surface area contributed by atoms with Gasteiger partial charge in [-0.3, -0.25) is 0 Å². The smallest absolute Gasteiger partial charge is 0.392 e. The van der Waals surface area contributed by atoms with Crippen LogP contribution in [-0.4, -0.2) is 49.9 Å². The van der Waals surface area contributed by atoms with Gasteiger partial charge in [-0.25, -0.2) is 17.6 Å². The zero-order valence-electron chi connectivity index (χ0n) is 18.9. The second-order valence-electron chi connectivity index (χ2n) is 8.56. The first-order valence-corrected chi connectivity index (χ1v) is 12.5. The van der Waals surface area contributed by atoms with Gasteiger partial charge >= 0.3 is 12.3 Å². The summed E-state index contributed by atoms with van der Waals surface area (Å²) in [5.74, 6) is -0.503. The van der Waals surface area contributed by atoms with Gasteiger partial charge in [-0.05, 0) is 42.3 Å². The van der Waals surface area contributed by atoms with E-state index >= 15 is 0 Å². The van der Waals surface area contributed by atoms with Crippen LogP contribution >= 0.6 is 0 Å². The number of hydrogen-bond donors (Lipinski definition) is 1. The Morgan fingerprint density at radius 2 is 1.83 bits per heavy atom. The van der Waals surface area contributed by atoms with Gasteiger partial charge in [-0.15, -0.1) is 0 Å². The molecule has 0 unspecified atom stereocenters. The molecule has 2 aromatic rings. The molecule has 0 bridgehead atoms. The number of hydrogen-bond acceptors (Lipinski definition) is 6. The first-order chi connectivity index (χ1) is 17.0. The number of alkyl halides is 3. The van der Waals surface area contributed by atoms with E-state index in [4.69, 9.17) is 9.57 Å². The van der Waals surface area contributed by atoms with E-state index in [1.54, 1.807) is 0 Å². The number of carbonyl (C=O) groups excluding carboxylic acids is 1. The molecule has 2 heterocycles. The molecule has 0 atom stereocenters. The van der Waals surface area contributed by atoms with Crippen LogP contribution in [0.25, 0.3) is 0 Å². The summed E-state index contributed by atoms with van der Waals surface area (Å²) < 4.78 is 83.6. The molecule has 0 aliphatic carbocycles. The first kappa shape index (κ1) is 25.9. The fraction of sp³-hybridized carbons (Fsp3) is 0.391. The maximum Gasteiger partial charge on any atom is 0.416 e. The zero-order valence-corrected chi connectivity index (χ0v) is 19.7. The average molecular weight is 530 g/mol. The number of nitrogens with zero attached hydrogens (tertiary/aromatic N) is 2. The fourth-order valence-corrected chi connectivity index (χ4v) is 5.50. The maximum atomic E-state index is 13.1. The van der Waals surface area contributed by atoms with E-state index in [0.717, 1.165) is 24.3 Å². The number of alkyl carbamates (subject to hydrolysis) is 1. The Hall–Kier alpha value is -3.19. The van der Waals surface area contributed by atoms with E-state index in [-0.39, 0.29) is 43.3 Å². The summed E-state index contributed by atoms with van der Waals surface area (Å²) in [5, 5.41) is 6.28. The quantitative estimate of drug-likeness (QED) is 0.589. The minimum Gasteiger partial charge on any atom is -0.392 e. The number of halogens is 4. The van der Waals surface area contributed by atoms with Crippen molar-refractivity contribution < 1.29 is 40.3 Å². The number of amides is 1. The van der Waals surface area contributed by atoms with E-state index in [1.165, 1.54) is 28.6 Å². The van der Waals surface area contributed by atoms with Gasteiger partial charge in [0, 0.05) is 32.5 Å². The molecule has 2 aliphatic rings. The highest BCUT2D eigenvalue weighted by Gasteiger charge is 2.45. The lowest BCUT2D eigenvalue weighted by molar-refractivity contribution is -0.137. The second kappa shape index (κ2) is 10.1. The van der Waals surface area contributed by atoms with Crippen LogP contribution in [0, 0.1) is 5.82 Å². The van der Waals surface area contributed by atoms with Crippen molar-refractivity contribution in [3.63, 3.8) is 0 Å². The second-order valence-corrected chi connectivity index (χ2v) is 10.5. The molecular formula is C23H23F4N3O5S. The van der Waals surface area contributed by atoms with Crippen LogP contribution in [0.2, 0.25) is 0 Å². The molecule has 4 rings (SSSR count). The number of oxime groups is 1. The molecule has 1 fully saturated rings. The molecule has 1 saturated heterocycles. The van der Waals surface area contributed by atoms with Crippen molar-refractivity contribution >= 4 is 22.0 Å². The third-order valence-electron chi connectivity index (χ3n) is 6.05. The van der Waals surface area contributed by atoms with Crippen molar-refractivity contribution in [3.05, 3.63) is 65.5 Å². The van der Waals surface area contributed by atoms with Gasteiger partial charge in [0.15, 0.2) is 0 Å². The molecule has 8 nitrogen and oxygen atoms in total. The number of piperidine rings is 1. The van der Waals surface area contributed by atoms with Gasteiger partial charge in [0.1, 0.15) is 11.4 Å². The van der Waals surface area contributed by atoms with Gasteiger partial charge in [-0.2, -0.15) is 17.5 Å². The van der Waals surface area contributed by atoms with Crippen molar-refractivity contribution in [1.29, 1.82) is 0 Å². The summed E-state index contributed by atoms with van der Waals surface area (Å²) in [6, 6.07) is 9.42. The van der Waals surface area contributed by atoms with E-state index in [1.807, 2.05) is 0 Å². The fourth-order valence-electron chi connectivity index (χ4n) is 4.06. The molecule has 36 heavy (non-hydrogen) atoms. The summed E-state index contributed by atoms with van der Waals surface area (Å²) in [6.45, 7) is 0.340. The van der Waals surface area contributed by atoms with E-state index in [9.17, 15) is 30.8 Å². The predicted octanol–water partition coefficient (Wildman–Crippen LogP) is 4.07. The van der Waals surface area contributed by atoms with Gasteiger partial charge in [0.2, 0.25) is 15.9 Å². The summed E-state index contributed by atoms with van der Waals surface area (Å²) in [4.78, 5) is 17.6. The first-order valence-electron chi connectivity index (χ1n) is 11.1. The third-order valence-corrected chi connectivity index (χ3v) is 7.96. The minimum absolute atomic E-state index is 0.00531. The highest BCUT2D eigenvalue weighted by atomic mass is 32.2. The van der Waals surface area contributed by atoms with Crippen molar-refractivity contribution in [2.75, 3.05) is 19.6 Å². The summed E-state index contributed by atoms with van der Waals surface area (Å²) in [5.41, 5.74) is -1.16. The Kier molecular flexibility index (Phi) is 7.23. The SMILES string of the molecule is O=C(NCCc1cccc(C(F)(F)F)c1)OC1=NOC2(CCN(S(=O)(=O)c3ccc(F)cc3)CC2)C1. The predicted molar refractivity (Wildman–Crippen MR) is 120 cm³/mol. The number of rotatable bonds is 5. The summed E-state index contributed by atoms with van der Waals surface area (Å²) in [6.07, 6.45) is -4.32. The average Bonchev–Trinajstić information content (AvgIpc) is 3.20. The minimum atomic E-state index is -4.44. The van der Waals surface area contributed by atoms with Crippen molar-refractivity contribution in [2.24, 2.45) is 5.16 Å². The van der Waals surface area contributed by atoms with Gasteiger partial charge in [0.05, 0.1) is 16.9 Å². The molecule has 2 aromatic carbocycles. The van der Waals surface area contributed by atoms with Crippen LogP contribution in [-0.2, 0) is 32.2 Å². The van der Waals surface area contributed by atoms with Crippen LogP contribution < -0.4 is 5.32 Å². The Balaban J connectivity index is 1.23. The normalized spacial score (nSPS) is 17.9.